The summed E-state index contributed by atoms with van der Waals surface area (Å²) in [7, 11) is 0. The lowest BCUT2D eigenvalue weighted by Gasteiger charge is -2.35. The summed E-state index contributed by atoms with van der Waals surface area (Å²) in [4.78, 5) is 17.3. The number of hydrogen-bond acceptors (Lipinski definition) is 5. The third-order valence-corrected chi connectivity index (χ3v) is 9.93. The molecular weight excluding hydrogens is 637 g/mol. The average Bonchev–Trinajstić information content (AvgIpc) is 3.64. The van der Waals surface area contributed by atoms with Crippen molar-refractivity contribution >= 4 is 60.5 Å². The van der Waals surface area contributed by atoms with Gasteiger partial charge in [-0.05, 0) is 58.1 Å². The zero-order valence-corrected chi connectivity index (χ0v) is 27.5. The highest BCUT2D eigenvalue weighted by molar-refractivity contribution is 6.20. The number of rotatable bonds is 4. The lowest BCUT2D eigenvalue weighted by atomic mass is 9.87. The summed E-state index contributed by atoms with van der Waals surface area (Å²) in [5, 5.41) is 6.16. The average molecular weight is 670 g/mol. The monoisotopic (exact) mass is 669 g/mol. The Morgan fingerprint density at radius 3 is 1.98 bits per heavy atom. The first-order chi connectivity index (χ1) is 27.9. The lowest BCUT2D eigenvalue weighted by Crippen LogP contribution is -2.16. The van der Waals surface area contributed by atoms with Crippen LogP contribution in [0.15, 0.2) is 174 Å². The van der Waals surface area contributed by atoms with Gasteiger partial charge < -0.3 is 9.32 Å². The Morgan fingerprint density at radius 1 is 0.442 bits per heavy atom. The minimum absolute atomic E-state index is 0.0379. The molecule has 0 saturated carbocycles. The second kappa shape index (κ2) is 11.2. The van der Waals surface area contributed by atoms with Gasteiger partial charge >= 0.3 is 0 Å². The fourth-order valence-electron chi connectivity index (χ4n) is 7.74. The van der Waals surface area contributed by atoms with Crippen LogP contribution in [0.2, 0.25) is 0 Å². The van der Waals surface area contributed by atoms with Crippen LogP contribution in [0.4, 0.5) is 17.1 Å². The van der Waals surface area contributed by atoms with E-state index in [0.29, 0.717) is 22.3 Å². The molecule has 0 radical (unpaired) electrons. The molecule has 242 valence electrons. The number of furan rings is 1. The highest BCUT2D eigenvalue weighted by Gasteiger charge is 2.29. The third kappa shape index (κ3) is 4.26. The molecule has 5 heteroatoms. The molecule has 3 heterocycles. The van der Waals surface area contributed by atoms with Crippen molar-refractivity contribution in [2.75, 3.05) is 4.90 Å². The zero-order valence-electron chi connectivity index (χ0n) is 32.5. The summed E-state index contributed by atoms with van der Waals surface area (Å²) in [6, 6.07) is 44.6. The Morgan fingerprint density at radius 2 is 1.08 bits per heavy atom. The van der Waals surface area contributed by atoms with E-state index in [1.165, 1.54) is 0 Å². The Hall–Kier alpha value is -7.11. The predicted molar refractivity (Wildman–Crippen MR) is 212 cm³/mol. The molecule has 52 heavy (non-hydrogen) atoms. The molecule has 0 saturated heterocycles. The topological polar surface area (TPSA) is 55.1 Å². The van der Waals surface area contributed by atoms with Gasteiger partial charge in [0.1, 0.15) is 11.2 Å². The Kier molecular flexibility index (Phi) is 5.19. The van der Waals surface area contributed by atoms with E-state index < -0.39 is 30.2 Å². The van der Waals surface area contributed by atoms with Crippen molar-refractivity contribution < 1.29 is 11.3 Å². The fraction of sp³-hybridized carbons (Fsp3) is 0. The van der Waals surface area contributed by atoms with E-state index in [-0.39, 0.29) is 23.0 Å². The molecule has 0 aliphatic carbocycles. The van der Waals surface area contributed by atoms with E-state index in [1.807, 2.05) is 66.7 Å². The van der Waals surface area contributed by atoms with Crippen molar-refractivity contribution in [3.05, 3.63) is 170 Å². The maximum absolute atomic E-state index is 8.92. The van der Waals surface area contributed by atoms with E-state index in [1.54, 1.807) is 0 Å². The summed E-state index contributed by atoms with van der Waals surface area (Å²) in [6.07, 6.45) is 0. The number of nitrogens with zero attached hydrogens (tertiary/aromatic N) is 4. The van der Waals surface area contributed by atoms with Gasteiger partial charge in [-0.25, -0.2) is 15.0 Å². The molecule has 10 aromatic rings. The number of para-hydroxylation sites is 2. The fourth-order valence-corrected chi connectivity index (χ4v) is 7.74. The van der Waals surface area contributed by atoms with E-state index in [0.717, 1.165) is 60.5 Å². The van der Waals surface area contributed by atoms with Crippen LogP contribution in [0.25, 0.3) is 88.8 Å². The molecule has 0 atom stereocenters. The van der Waals surface area contributed by atoms with Crippen LogP contribution < -0.4 is 4.90 Å². The van der Waals surface area contributed by atoms with Gasteiger partial charge in [0.05, 0.1) is 23.9 Å². The number of benzene rings is 8. The minimum Gasteiger partial charge on any atom is -0.456 e. The van der Waals surface area contributed by atoms with Crippen molar-refractivity contribution in [3.8, 4) is 45.3 Å². The van der Waals surface area contributed by atoms with Crippen molar-refractivity contribution in [1.82, 2.24) is 15.0 Å². The van der Waals surface area contributed by atoms with E-state index in [2.05, 4.69) is 77.7 Å². The zero-order chi connectivity index (χ0) is 38.5. The number of anilines is 3. The number of fused-ring (bicyclic) bond motifs is 7. The summed E-state index contributed by atoms with van der Waals surface area (Å²) in [5.74, 6) is 0.505. The van der Waals surface area contributed by atoms with Gasteiger partial charge in [0, 0.05) is 38.4 Å². The van der Waals surface area contributed by atoms with Crippen LogP contribution in [0, 0.1) is 0 Å². The van der Waals surface area contributed by atoms with Crippen molar-refractivity contribution in [3.63, 3.8) is 0 Å². The van der Waals surface area contributed by atoms with E-state index >= 15 is 0 Å². The molecule has 2 aromatic heterocycles. The summed E-state index contributed by atoms with van der Waals surface area (Å²) in [5.41, 5.74) is 7.59. The Bertz CT molecular complexity index is 3310. The van der Waals surface area contributed by atoms with E-state index in [9.17, 15) is 0 Å². The highest BCUT2D eigenvalue weighted by Crippen LogP contribution is 2.54. The van der Waals surface area contributed by atoms with Gasteiger partial charge in [-0.15, -0.1) is 0 Å². The van der Waals surface area contributed by atoms with Crippen molar-refractivity contribution in [1.29, 1.82) is 0 Å². The summed E-state index contributed by atoms with van der Waals surface area (Å²) >= 11 is 0. The largest absolute Gasteiger partial charge is 0.456 e. The second-order valence-corrected chi connectivity index (χ2v) is 12.8. The van der Waals surface area contributed by atoms with Gasteiger partial charge in [-0.1, -0.05) is 133 Å². The summed E-state index contributed by atoms with van der Waals surface area (Å²) < 4.78 is 49.4. The molecule has 8 aromatic carbocycles. The maximum Gasteiger partial charge on any atom is 0.166 e. The quantitative estimate of drug-likeness (QED) is 0.187. The first kappa shape index (κ1) is 24.1. The molecule has 1 aliphatic rings. The van der Waals surface area contributed by atoms with Crippen LogP contribution in [-0.4, -0.2) is 15.0 Å². The molecule has 0 N–H and O–H groups in total. The normalized spacial score (nSPS) is 13.5. The Labute approximate surface area is 306 Å². The van der Waals surface area contributed by atoms with Gasteiger partial charge in [-0.2, -0.15) is 0 Å². The molecule has 11 rings (SSSR count). The van der Waals surface area contributed by atoms with Crippen LogP contribution >= 0.6 is 0 Å². The van der Waals surface area contributed by atoms with Gasteiger partial charge in [0.25, 0.3) is 0 Å². The first-order valence-electron chi connectivity index (χ1n) is 19.5. The highest BCUT2D eigenvalue weighted by atomic mass is 16.3. The van der Waals surface area contributed by atoms with Crippen molar-refractivity contribution in [2.24, 2.45) is 0 Å². The Balaban J connectivity index is 1.23. The van der Waals surface area contributed by atoms with Gasteiger partial charge in [0.15, 0.2) is 17.5 Å². The SMILES string of the molecule is [2H]c1c([2H])c([2H])c(-c2nc(-c3ccccc3N3c4ccc5ccccc5c4-c4cccc5cccc3c45)nc(-c3cccc4oc5ccccc5c34)n2)c([2H])c1[2H]. The lowest BCUT2D eigenvalue weighted by molar-refractivity contribution is 0.669. The predicted octanol–water partition coefficient (Wildman–Crippen LogP) is 12.5. The standard InChI is InChI=1S/C47H28N4O/c1-2-14-31(15-3-1)45-48-46(50-47(49-45)36-22-12-26-41-44(36)34-20-7-9-25-40(34)52-41)33-19-6-8-23-37(33)51-38-24-11-17-30-16-10-21-35(42(30)38)43-32-18-5-4-13-29(32)27-28-39(43)51/h1-28H/i1D,2D,3D,14D,15D. The minimum atomic E-state index is -0.492. The second-order valence-electron chi connectivity index (χ2n) is 12.8. The molecule has 0 spiro atoms. The molecule has 0 bridgehead atoms. The smallest absolute Gasteiger partial charge is 0.166 e. The van der Waals surface area contributed by atoms with Gasteiger partial charge in [0.2, 0.25) is 0 Å². The maximum atomic E-state index is 8.92. The first-order valence-corrected chi connectivity index (χ1v) is 17.0. The molecule has 1 aliphatic heterocycles. The summed E-state index contributed by atoms with van der Waals surface area (Å²) in [6.45, 7) is 0. The van der Waals surface area contributed by atoms with Crippen LogP contribution in [0.5, 0.6) is 0 Å². The van der Waals surface area contributed by atoms with Crippen LogP contribution in [-0.2, 0) is 0 Å². The number of hydrogen-bond donors (Lipinski definition) is 0. The van der Waals surface area contributed by atoms with Crippen LogP contribution in [0.3, 0.4) is 0 Å². The van der Waals surface area contributed by atoms with E-state index in [4.69, 9.17) is 26.2 Å². The van der Waals surface area contributed by atoms with Gasteiger partial charge in [-0.3, -0.25) is 0 Å². The third-order valence-electron chi connectivity index (χ3n) is 9.93. The number of aromatic nitrogens is 3. The molecule has 0 fully saturated rings. The molecule has 0 unspecified atom stereocenters. The molecule has 5 nitrogen and oxygen atoms in total. The molecule has 0 amide bonds. The van der Waals surface area contributed by atoms with Crippen molar-refractivity contribution in [2.45, 2.75) is 0 Å². The van der Waals surface area contributed by atoms with Crippen LogP contribution in [0.1, 0.15) is 6.85 Å². The molecular formula is C47H28N4O.